The van der Waals surface area contributed by atoms with E-state index in [9.17, 15) is 9.59 Å². The summed E-state index contributed by atoms with van der Waals surface area (Å²) in [6, 6.07) is 19.5. The van der Waals surface area contributed by atoms with Gasteiger partial charge in [0.2, 0.25) is 0 Å². The quantitative estimate of drug-likeness (QED) is 0.326. The minimum absolute atomic E-state index is 0.0141. The highest BCUT2D eigenvalue weighted by Gasteiger charge is 2.48. The van der Waals surface area contributed by atoms with Gasteiger partial charge in [-0.05, 0) is 82.9 Å². The highest BCUT2D eigenvalue weighted by Crippen LogP contribution is 2.46. The molecular weight excluding hydrogens is 554 g/mol. The van der Waals surface area contributed by atoms with Gasteiger partial charge < -0.3 is 19.1 Å². The Hall–Kier alpha value is -4.33. The number of hydrazone groups is 1. The molecule has 3 aliphatic heterocycles. The lowest BCUT2D eigenvalue weighted by Gasteiger charge is -2.35. The summed E-state index contributed by atoms with van der Waals surface area (Å²) in [6.45, 7) is 11.5. The fourth-order valence-electron chi connectivity index (χ4n) is 6.46. The van der Waals surface area contributed by atoms with E-state index in [-0.39, 0.29) is 23.5 Å². The van der Waals surface area contributed by atoms with Crippen LogP contribution >= 0.6 is 0 Å². The maximum absolute atomic E-state index is 13.8. The predicted molar refractivity (Wildman–Crippen MR) is 169 cm³/mol. The molecule has 0 unspecified atom stereocenters. The van der Waals surface area contributed by atoms with Crippen molar-refractivity contribution in [2.75, 3.05) is 20.2 Å². The molecule has 0 radical (unpaired) electrons. The van der Waals surface area contributed by atoms with Crippen molar-refractivity contribution in [2.24, 2.45) is 10.5 Å². The standard InChI is InChI=1S/C36H41N3O5/c1-23-12-13-26(43-22-24-10-8-7-9-11-24)20-28(23)33(40)38-18-16-25(17-19-38)39-34(41)36(4,5)32(37-39)27-14-15-30(42-6)31-29(27)21-35(2,3)44-31/h7-15,20,25H,16-19,21-22H2,1-6H3. The molecule has 8 nitrogen and oxygen atoms in total. The third kappa shape index (κ3) is 5.42. The van der Waals surface area contributed by atoms with E-state index in [0.717, 1.165) is 33.7 Å². The van der Waals surface area contributed by atoms with Crippen molar-refractivity contribution in [1.29, 1.82) is 0 Å². The number of rotatable bonds is 7. The second-order valence-electron chi connectivity index (χ2n) is 13.2. The summed E-state index contributed by atoms with van der Waals surface area (Å²) in [7, 11) is 1.64. The Bertz CT molecular complexity index is 1620. The smallest absolute Gasteiger partial charge is 0.254 e. The minimum Gasteiger partial charge on any atom is -0.493 e. The molecular formula is C36H41N3O5. The molecule has 0 N–H and O–H groups in total. The predicted octanol–water partition coefficient (Wildman–Crippen LogP) is 6.17. The van der Waals surface area contributed by atoms with Gasteiger partial charge in [0.15, 0.2) is 11.5 Å². The number of aryl methyl sites for hydroxylation is 1. The van der Waals surface area contributed by atoms with Crippen LogP contribution in [0.25, 0.3) is 0 Å². The van der Waals surface area contributed by atoms with Crippen molar-refractivity contribution in [2.45, 2.75) is 72.1 Å². The van der Waals surface area contributed by atoms with Crippen molar-refractivity contribution in [3.8, 4) is 17.2 Å². The van der Waals surface area contributed by atoms with Crippen LogP contribution in [0, 0.1) is 12.3 Å². The first-order valence-electron chi connectivity index (χ1n) is 15.4. The van der Waals surface area contributed by atoms with E-state index >= 15 is 0 Å². The van der Waals surface area contributed by atoms with E-state index in [1.165, 1.54) is 0 Å². The zero-order valence-electron chi connectivity index (χ0n) is 26.5. The Labute approximate surface area is 259 Å². The lowest BCUT2D eigenvalue weighted by atomic mass is 9.80. The largest absolute Gasteiger partial charge is 0.493 e. The van der Waals surface area contributed by atoms with Crippen LogP contribution in [0.2, 0.25) is 0 Å². The van der Waals surface area contributed by atoms with Gasteiger partial charge in [-0.25, -0.2) is 5.01 Å². The molecule has 44 heavy (non-hydrogen) atoms. The average Bonchev–Trinajstić information content (AvgIpc) is 3.47. The Balaban J connectivity index is 1.16. The van der Waals surface area contributed by atoms with Gasteiger partial charge >= 0.3 is 0 Å². The van der Waals surface area contributed by atoms with Gasteiger partial charge in [0, 0.05) is 36.2 Å². The van der Waals surface area contributed by atoms with Crippen molar-refractivity contribution in [1.82, 2.24) is 9.91 Å². The number of hydrogen-bond donors (Lipinski definition) is 0. The number of ether oxygens (including phenoxy) is 3. The molecule has 0 saturated carbocycles. The molecule has 2 amide bonds. The second kappa shape index (κ2) is 11.3. The summed E-state index contributed by atoms with van der Waals surface area (Å²) in [4.78, 5) is 29.3. The monoisotopic (exact) mass is 595 g/mol. The van der Waals surface area contributed by atoms with Gasteiger partial charge in [0.25, 0.3) is 11.8 Å². The van der Waals surface area contributed by atoms with Crippen molar-refractivity contribution in [3.63, 3.8) is 0 Å². The van der Waals surface area contributed by atoms with E-state index in [4.69, 9.17) is 19.3 Å². The second-order valence-corrected chi connectivity index (χ2v) is 13.2. The van der Waals surface area contributed by atoms with Gasteiger partial charge in [0.05, 0.1) is 24.3 Å². The number of methoxy groups -OCH3 is 1. The summed E-state index contributed by atoms with van der Waals surface area (Å²) in [5, 5.41) is 6.66. The molecule has 3 aliphatic rings. The van der Waals surface area contributed by atoms with Crippen molar-refractivity contribution in [3.05, 3.63) is 88.5 Å². The van der Waals surface area contributed by atoms with Gasteiger partial charge in [-0.3, -0.25) is 9.59 Å². The molecule has 0 aromatic heterocycles. The number of benzene rings is 3. The molecule has 0 atom stereocenters. The topological polar surface area (TPSA) is 80.7 Å². The zero-order valence-corrected chi connectivity index (χ0v) is 26.5. The van der Waals surface area contributed by atoms with E-state index in [2.05, 4.69) is 13.8 Å². The van der Waals surface area contributed by atoms with Crippen LogP contribution in [0.1, 0.15) is 73.1 Å². The fourth-order valence-corrected chi connectivity index (χ4v) is 6.46. The number of likely N-dealkylation sites (tertiary alicyclic amines) is 1. The molecule has 3 heterocycles. The lowest BCUT2D eigenvalue weighted by molar-refractivity contribution is -0.137. The summed E-state index contributed by atoms with van der Waals surface area (Å²) in [5.41, 5.74) is 4.18. The first-order chi connectivity index (χ1) is 21.0. The average molecular weight is 596 g/mol. The molecule has 6 rings (SSSR count). The Morgan fingerprint density at radius 1 is 1.02 bits per heavy atom. The third-order valence-corrected chi connectivity index (χ3v) is 9.01. The molecule has 0 aliphatic carbocycles. The molecule has 3 aromatic rings. The van der Waals surface area contributed by atoms with E-state index in [1.807, 2.05) is 86.3 Å². The Morgan fingerprint density at radius 2 is 1.75 bits per heavy atom. The summed E-state index contributed by atoms with van der Waals surface area (Å²) in [6.07, 6.45) is 2.02. The number of carbonyl (C=O) groups excluding carboxylic acids is 2. The molecule has 230 valence electrons. The third-order valence-electron chi connectivity index (χ3n) is 9.01. The van der Waals surface area contributed by atoms with Gasteiger partial charge in [-0.1, -0.05) is 36.4 Å². The number of nitrogens with zero attached hydrogens (tertiary/aromatic N) is 3. The van der Waals surface area contributed by atoms with E-state index < -0.39 is 5.41 Å². The van der Waals surface area contributed by atoms with Gasteiger partial charge in [-0.15, -0.1) is 0 Å². The van der Waals surface area contributed by atoms with Crippen LogP contribution in [0.15, 0.2) is 65.8 Å². The lowest BCUT2D eigenvalue weighted by Crippen LogP contribution is -2.47. The number of hydrogen-bond acceptors (Lipinski definition) is 6. The number of fused-ring (bicyclic) bond motifs is 1. The molecule has 3 aromatic carbocycles. The number of piperidine rings is 1. The van der Waals surface area contributed by atoms with Crippen LogP contribution in [-0.2, 0) is 17.8 Å². The molecule has 0 bridgehead atoms. The number of carbonyl (C=O) groups is 2. The van der Waals surface area contributed by atoms with Crippen LogP contribution in [0.4, 0.5) is 0 Å². The highest BCUT2D eigenvalue weighted by molar-refractivity contribution is 6.20. The first kappa shape index (κ1) is 29.7. The molecule has 1 fully saturated rings. The summed E-state index contributed by atoms with van der Waals surface area (Å²) >= 11 is 0. The van der Waals surface area contributed by atoms with E-state index in [1.54, 1.807) is 12.1 Å². The van der Waals surface area contributed by atoms with Crippen LogP contribution in [0.3, 0.4) is 0 Å². The number of amides is 2. The maximum atomic E-state index is 13.8. The maximum Gasteiger partial charge on any atom is 0.254 e. The van der Waals surface area contributed by atoms with Crippen LogP contribution < -0.4 is 14.2 Å². The molecule has 0 spiro atoms. The zero-order chi connectivity index (χ0) is 31.2. The van der Waals surface area contributed by atoms with Gasteiger partial charge in [-0.2, -0.15) is 5.10 Å². The molecule has 1 saturated heterocycles. The SMILES string of the molecule is COc1ccc(C2=NN(C3CCN(C(=O)c4cc(OCc5ccccc5)ccc4C)CC3)C(=O)C2(C)C)c2c1OC(C)(C)C2. The Kier molecular flexibility index (Phi) is 7.64. The summed E-state index contributed by atoms with van der Waals surface area (Å²) < 4.78 is 17.8. The fraction of sp³-hybridized carbons (Fsp3) is 0.417. The highest BCUT2D eigenvalue weighted by atomic mass is 16.5. The van der Waals surface area contributed by atoms with Crippen molar-refractivity contribution >= 4 is 17.5 Å². The molecule has 8 heteroatoms. The van der Waals surface area contributed by atoms with Crippen LogP contribution in [-0.4, -0.2) is 59.3 Å². The first-order valence-corrected chi connectivity index (χ1v) is 15.4. The van der Waals surface area contributed by atoms with E-state index in [0.29, 0.717) is 56.0 Å². The minimum atomic E-state index is -0.792. The van der Waals surface area contributed by atoms with Gasteiger partial charge in [0.1, 0.15) is 18.0 Å². The Morgan fingerprint density at radius 3 is 2.45 bits per heavy atom. The summed E-state index contributed by atoms with van der Waals surface area (Å²) in [5.74, 6) is 2.06. The van der Waals surface area contributed by atoms with Crippen LogP contribution in [0.5, 0.6) is 17.2 Å². The van der Waals surface area contributed by atoms with Crippen molar-refractivity contribution < 1.29 is 23.8 Å². The normalized spacial score (nSPS) is 19.0.